The van der Waals surface area contributed by atoms with Gasteiger partial charge in [0.25, 0.3) is 5.91 Å². The minimum atomic E-state index is -4.60. The zero-order valence-corrected chi connectivity index (χ0v) is 22.2. The van der Waals surface area contributed by atoms with Crippen LogP contribution < -0.4 is 21.1 Å². The number of pyridine rings is 1. The molecule has 0 atom stereocenters. The number of anilines is 3. The number of nitrogens with two attached hydrogens (primary N) is 1. The van der Waals surface area contributed by atoms with Gasteiger partial charge in [0.05, 0.1) is 54.2 Å². The van der Waals surface area contributed by atoms with Crippen LogP contribution in [-0.2, 0) is 18.0 Å². The lowest BCUT2D eigenvalue weighted by Gasteiger charge is -2.31. The van der Waals surface area contributed by atoms with E-state index in [-0.39, 0.29) is 29.1 Å². The molecule has 0 aliphatic carbocycles. The van der Waals surface area contributed by atoms with Crippen molar-refractivity contribution in [3.05, 3.63) is 64.2 Å². The van der Waals surface area contributed by atoms with Crippen LogP contribution in [0.4, 0.5) is 30.2 Å². The Morgan fingerprint density at radius 2 is 1.87 bits per heavy atom. The molecule has 10 nitrogen and oxygen atoms in total. The van der Waals surface area contributed by atoms with Crippen molar-refractivity contribution in [1.82, 2.24) is 14.8 Å². The van der Waals surface area contributed by atoms with Gasteiger partial charge in [-0.3, -0.25) is 14.5 Å². The van der Waals surface area contributed by atoms with E-state index in [2.05, 4.69) is 15.4 Å². The van der Waals surface area contributed by atoms with Crippen molar-refractivity contribution in [2.45, 2.75) is 26.9 Å². The molecule has 4 N–H and O–H groups in total. The molecule has 208 valence electrons. The maximum atomic E-state index is 13.9. The maximum Gasteiger partial charge on any atom is 0.416 e. The minimum Gasteiger partial charge on any atom is -0.378 e. The van der Waals surface area contributed by atoms with Crippen LogP contribution in [0.3, 0.4) is 0 Å². The lowest BCUT2D eigenvalue weighted by molar-refractivity contribution is -0.138. The Morgan fingerprint density at radius 3 is 2.49 bits per heavy atom. The zero-order chi connectivity index (χ0) is 28.5. The lowest BCUT2D eigenvalue weighted by atomic mass is 10.0. The average Bonchev–Trinajstić information content (AvgIpc) is 3.22. The van der Waals surface area contributed by atoms with Crippen LogP contribution in [0, 0.1) is 26.2 Å². The summed E-state index contributed by atoms with van der Waals surface area (Å²) in [4.78, 5) is 19.2. The van der Waals surface area contributed by atoms with Crippen molar-refractivity contribution in [2.75, 3.05) is 48.1 Å². The predicted octanol–water partition coefficient (Wildman–Crippen LogP) is 3.60. The second-order valence-corrected chi connectivity index (χ2v) is 9.42. The molecule has 39 heavy (non-hydrogen) atoms. The monoisotopic (exact) mass is 544 g/mol. The van der Waals surface area contributed by atoms with Crippen LogP contribution in [0.15, 0.2) is 30.6 Å². The SMILES string of the molecule is Cc1ncc(C(=O)Nc2cc(N3CCOCC3)c(C)c(C(F)(F)F)c2)cc1N(N)CC(=N)c1cnn(C)c1C. The number of halogens is 3. The molecule has 1 saturated heterocycles. The highest BCUT2D eigenvalue weighted by atomic mass is 19.4. The molecule has 0 unspecified atom stereocenters. The van der Waals surface area contributed by atoms with Gasteiger partial charge in [0.2, 0.25) is 0 Å². The highest BCUT2D eigenvalue weighted by Crippen LogP contribution is 2.38. The predicted molar refractivity (Wildman–Crippen MR) is 142 cm³/mol. The van der Waals surface area contributed by atoms with Gasteiger partial charge in [0.15, 0.2) is 0 Å². The molecule has 3 heterocycles. The molecule has 1 aliphatic heterocycles. The van der Waals surface area contributed by atoms with Gasteiger partial charge in [-0.2, -0.15) is 18.3 Å². The molecule has 0 spiro atoms. The molecular weight excluding hydrogens is 513 g/mol. The number of nitrogens with zero attached hydrogens (tertiary/aromatic N) is 5. The molecule has 2 aromatic heterocycles. The van der Waals surface area contributed by atoms with Gasteiger partial charge >= 0.3 is 6.18 Å². The van der Waals surface area contributed by atoms with Crippen LogP contribution in [0.1, 0.15) is 38.4 Å². The molecule has 0 radical (unpaired) electrons. The second-order valence-electron chi connectivity index (χ2n) is 9.42. The van der Waals surface area contributed by atoms with Crippen molar-refractivity contribution in [1.29, 1.82) is 5.41 Å². The molecule has 1 aromatic carbocycles. The van der Waals surface area contributed by atoms with Crippen LogP contribution in [0.25, 0.3) is 0 Å². The number of hydrazine groups is 1. The number of amides is 1. The Hall–Kier alpha value is -3.97. The van der Waals surface area contributed by atoms with Gasteiger partial charge in [-0.05, 0) is 44.5 Å². The van der Waals surface area contributed by atoms with E-state index in [1.165, 1.54) is 24.2 Å². The summed E-state index contributed by atoms with van der Waals surface area (Å²) in [6.07, 6.45) is -1.68. The molecule has 1 fully saturated rings. The number of nitrogens with one attached hydrogen (secondary N) is 2. The fourth-order valence-corrected chi connectivity index (χ4v) is 4.47. The van der Waals surface area contributed by atoms with Crippen molar-refractivity contribution >= 4 is 28.7 Å². The Labute approximate surface area is 224 Å². The molecule has 0 saturated carbocycles. The van der Waals surface area contributed by atoms with Crippen LogP contribution in [0.5, 0.6) is 0 Å². The number of carbonyl (C=O) groups excluding carboxylic acids is 1. The van der Waals surface area contributed by atoms with E-state index in [0.717, 1.165) is 11.8 Å². The first kappa shape index (κ1) is 28.0. The number of aromatic nitrogens is 3. The van der Waals surface area contributed by atoms with Crippen LogP contribution in [-0.4, -0.2) is 59.2 Å². The summed E-state index contributed by atoms with van der Waals surface area (Å²) in [5.74, 6) is 5.61. The fraction of sp³-hybridized carbons (Fsp3) is 0.385. The molecular formula is C26H31F3N8O2. The van der Waals surface area contributed by atoms with E-state index in [0.29, 0.717) is 48.9 Å². The number of aryl methyl sites for hydroxylation is 2. The molecule has 4 rings (SSSR count). The largest absolute Gasteiger partial charge is 0.416 e. The van der Waals surface area contributed by atoms with Crippen LogP contribution >= 0.6 is 0 Å². The molecule has 1 amide bonds. The lowest BCUT2D eigenvalue weighted by Crippen LogP contribution is -2.37. The van der Waals surface area contributed by atoms with Crippen LogP contribution in [0.2, 0.25) is 0 Å². The summed E-state index contributed by atoms with van der Waals surface area (Å²) in [5.41, 5.74) is 2.39. The van der Waals surface area contributed by atoms with E-state index < -0.39 is 17.6 Å². The second kappa shape index (κ2) is 11.0. The third-order valence-corrected chi connectivity index (χ3v) is 6.82. The van der Waals surface area contributed by atoms with E-state index >= 15 is 0 Å². The smallest absolute Gasteiger partial charge is 0.378 e. The Kier molecular flexibility index (Phi) is 7.93. The summed E-state index contributed by atoms with van der Waals surface area (Å²) in [5, 5.41) is 16.5. The number of ether oxygens (including phenoxy) is 1. The number of morpholine rings is 1. The first-order chi connectivity index (χ1) is 18.4. The average molecular weight is 545 g/mol. The normalized spacial score (nSPS) is 13.9. The van der Waals surface area contributed by atoms with E-state index in [9.17, 15) is 18.0 Å². The number of alkyl halides is 3. The van der Waals surface area contributed by atoms with Gasteiger partial charge in [-0.15, -0.1) is 0 Å². The number of hydrogen-bond acceptors (Lipinski definition) is 8. The van der Waals surface area contributed by atoms with Gasteiger partial charge < -0.3 is 25.4 Å². The van der Waals surface area contributed by atoms with E-state index in [4.69, 9.17) is 16.0 Å². The van der Waals surface area contributed by atoms with E-state index in [1.54, 1.807) is 30.9 Å². The van der Waals surface area contributed by atoms with E-state index in [1.807, 2.05) is 11.8 Å². The van der Waals surface area contributed by atoms with Gasteiger partial charge in [0.1, 0.15) is 0 Å². The van der Waals surface area contributed by atoms with Gasteiger partial charge in [-0.25, -0.2) is 5.84 Å². The third-order valence-electron chi connectivity index (χ3n) is 6.82. The Bertz CT molecular complexity index is 1400. The van der Waals surface area contributed by atoms with Crippen molar-refractivity contribution in [3.63, 3.8) is 0 Å². The summed E-state index contributed by atoms with van der Waals surface area (Å²) >= 11 is 0. The summed E-state index contributed by atoms with van der Waals surface area (Å²) in [7, 11) is 1.78. The molecule has 3 aromatic rings. The number of carbonyl (C=O) groups is 1. The zero-order valence-electron chi connectivity index (χ0n) is 22.2. The summed E-state index contributed by atoms with van der Waals surface area (Å²) in [6.45, 7) is 6.70. The quantitative estimate of drug-likeness (QED) is 0.236. The first-order valence-corrected chi connectivity index (χ1v) is 12.3. The first-order valence-electron chi connectivity index (χ1n) is 12.3. The standard InChI is InChI=1S/C26H31F3N8O2/c1-15-21(26(27,28)29)10-19(11-23(15)36-5-7-39-8-6-36)34-25(38)18-9-24(16(2)32-12-18)37(31)14-22(30)20-13-33-35(4)17(20)3/h9-13,30H,5-8,14,31H2,1-4H3,(H,34,38). The number of benzene rings is 1. The fourth-order valence-electron chi connectivity index (χ4n) is 4.47. The molecule has 1 aliphatic rings. The maximum absolute atomic E-state index is 13.9. The minimum absolute atomic E-state index is 0.0139. The van der Waals surface area contributed by atoms with Gasteiger partial charge in [-0.1, -0.05) is 0 Å². The highest BCUT2D eigenvalue weighted by Gasteiger charge is 2.35. The third kappa shape index (κ3) is 6.04. The Morgan fingerprint density at radius 1 is 1.18 bits per heavy atom. The highest BCUT2D eigenvalue weighted by molar-refractivity contribution is 6.05. The van der Waals surface area contributed by atoms with Crippen molar-refractivity contribution in [3.8, 4) is 0 Å². The number of hydrogen-bond donors (Lipinski definition) is 3. The molecule has 13 heteroatoms. The molecule has 0 bridgehead atoms. The van der Waals surface area contributed by atoms with Crippen molar-refractivity contribution < 1.29 is 22.7 Å². The summed E-state index contributed by atoms with van der Waals surface area (Å²) in [6, 6.07) is 3.98. The Balaban J connectivity index is 1.59. The number of rotatable bonds is 7. The topological polar surface area (TPSA) is 125 Å². The van der Waals surface area contributed by atoms with Gasteiger partial charge in [0, 0.05) is 49.0 Å². The summed E-state index contributed by atoms with van der Waals surface area (Å²) < 4.78 is 48.6. The van der Waals surface area contributed by atoms with Crippen molar-refractivity contribution in [2.24, 2.45) is 12.9 Å².